The van der Waals surface area contributed by atoms with Crippen LogP contribution in [-0.2, 0) is 11.3 Å². The Morgan fingerprint density at radius 1 is 1.36 bits per heavy atom. The SMILES string of the molecule is CCNC(=NCc1ccc(OC)c(NC(C)=O)c1)NC(C)C. The summed E-state index contributed by atoms with van der Waals surface area (Å²) in [6, 6.07) is 5.96. The summed E-state index contributed by atoms with van der Waals surface area (Å²) in [6.45, 7) is 8.95. The lowest BCUT2D eigenvalue weighted by atomic mass is 10.2. The van der Waals surface area contributed by atoms with Gasteiger partial charge in [-0.25, -0.2) is 4.99 Å². The van der Waals surface area contributed by atoms with E-state index in [4.69, 9.17) is 4.74 Å². The molecular formula is C16H26N4O2. The van der Waals surface area contributed by atoms with Crippen molar-refractivity contribution in [3.63, 3.8) is 0 Å². The number of hydrogen-bond acceptors (Lipinski definition) is 3. The van der Waals surface area contributed by atoms with Gasteiger partial charge in [0.05, 0.1) is 19.3 Å². The predicted octanol–water partition coefficient (Wildman–Crippen LogP) is 2.12. The van der Waals surface area contributed by atoms with Crippen molar-refractivity contribution in [2.75, 3.05) is 19.0 Å². The van der Waals surface area contributed by atoms with Crippen LogP contribution in [-0.4, -0.2) is 31.6 Å². The fourth-order valence-electron chi connectivity index (χ4n) is 1.90. The molecule has 0 aliphatic heterocycles. The largest absolute Gasteiger partial charge is 0.495 e. The Bertz CT molecular complexity index is 527. The Morgan fingerprint density at radius 2 is 2.09 bits per heavy atom. The minimum atomic E-state index is -0.131. The molecule has 0 spiro atoms. The van der Waals surface area contributed by atoms with Gasteiger partial charge in [-0.3, -0.25) is 4.79 Å². The molecule has 6 heteroatoms. The molecule has 0 aliphatic rings. The van der Waals surface area contributed by atoms with E-state index in [9.17, 15) is 4.79 Å². The van der Waals surface area contributed by atoms with Crippen molar-refractivity contribution < 1.29 is 9.53 Å². The van der Waals surface area contributed by atoms with E-state index >= 15 is 0 Å². The second-order valence-electron chi connectivity index (χ2n) is 5.21. The van der Waals surface area contributed by atoms with Crippen molar-refractivity contribution in [3.8, 4) is 5.75 Å². The summed E-state index contributed by atoms with van der Waals surface area (Å²) in [5.41, 5.74) is 1.65. The first-order chi connectivity index (χ1) is 10.5. The maximum Gasteiger partial charge on any atom is 0.221 e. The molecule has 0 heterocycles. The third-order valence-corrected chi connectivity index (χ3v) is 2.76. The zero-order valence-corrected chi connectivity index (χ0v) is 14.0. The summed E-state index contributed by atoms with van der Waals surface area (Å²) >= 11 is 0. The lowest BCUT2D eigenvalue weighted by Crippen LogP contribution is -2.40. The van der Waals surface area contributed by atoms with Gasteiger partial charge in [0, 0.05) is 19.5 Å². The summed E-state index contributed by atoms with van der Waals surface area (Å²) in [5, 5.41) is 9.23. The van der Waals surface area contributed by atoms with Crippen molar-refractivity contribution in [3.05, 3.63) is 23.8 Å². The van der Waals surface area contributed by atoms with E-state index in [-0.39, 0.29) is 5.91 Å². The number of amides is 1. The Hall–Kier alpha value is -2.24. The molecule has 0 radical (unpaired) electrons. The Balaban J connectivity index is 2.89. The Kier molecular flexibility index (Phi) is 7.22. The molecule has 0 bridgehead atoms. The standard InChI is InChI=1S/C16H26N4O2/c1-6-17-16(19-11(2)3)18-10-13-7-8-15(22-5)14(9-13)20-12(4)21/h7-9,11H,6,10H2,1-5H3,(H,20,21)(H2,17,18,19). The number of benzene rings is 1. The molecule has 1 aromatic carbocycles. The van der Waals surface area contributed by atoms with E-state index in [0.29, 0.717) is 24.0 Å². The van der Waals surface area contributed by atoms with Crippen LogP contribution in [0.25, 0.3) is 0 Å². The highest BCUT2D eigenvalue weighted by Gasteiger charge is 2.06. The highest BCUT2D eigenvalue weighted by molar-refractivity contribution is 5.90. The van der Waals surface area contributed by atoms with Crippen LogP contribution in [0.3, 0.4) is 0 Å². The molecule has 22 heavy (non-hydrogen) atoms. The maximum absolute atomic E-state index is 11.3. The van der Waals surface area contributed by atoms with Crippen molar-refractivity contribution in [1.82, 2.24) is 10.6 Å². The van der Waals surface area contributed by atoms with Crippen LogP contribution < -0.4 is 20.7 Å². The molecule has 0 atom stereocenters. The van der Waals surface area contributed by atoms with Gasteiger partial charge < -0.3 is 20.7 Å². The van der Waals surface area contributed by atoms with E-state index in [2.05, 4.69) is 34.8 Å². The second-order valence-corrected chi connectivity index (χ2v) is 5.21. The molecule has 6 nitrogen and oxygen atoms in total. The summed E-state index contributed by atoms with van der Waals surface area (Å²) in [4.78, 5) is 15.8. The zero-order valence-electron chi connectivity index (χ0n) is 14.0. The minimum absolute atomic E-state index is 0.131. The van der Waals surface area contributed by atoms with Crippen LogP contribution in [0.2, 0.25) is 0 Å². The highest BCUT2D eigenvalue weighted by Crippen LogP contribution is 2.25. The minimum Gasteiger partial charge on any atom is -0.495 e. The number of carbonyl (C=O) groups excluding carboxylic acids is 1. The lowest BCUT2D eigenvalue weighted by Gasteiger charge is -2.14. The third kappa shape index (κ3) is 6.03. The number of hydrogen-bond donors (Lipinski definition) is 3. The van der Waals surface area contributed by atoms with Gasteiger partial charge in [-0.15, -0.1) is 0 Å². The number of methoxy groups -OCH3 is 1. The summed E-state index contributed by atoms with van der Waals surface area (Å²) in [7, 11) is 1.58. The number of guanidine groups is 1. The molecule has 0 saturated heterocycles. The van der Waals surface area contributed by atoms with Crippen molar-refractivity contribution in [2.24, 2.45) is 4.99 Å². The van der Waals surface area contributed by atoms with Gasteiger partial charge in [-0.2, -0.15) is 0 Å². The maximum atomic E-state index is 11.3. The fraction of sp³-hybridized carbons (Fsp3) is 0.500. The van der Waals surface area contributed by atoms with Crippen LogP contribution in [0, 0.1) is 0 Å². The molecule has 1 rings (SSSR count). The van der Waals surface area contributed by atoms with Crippen molar-refractivity contribution in [1.29, 1.82) is 0 Å². The average molecular weight is 306 g/mol. The summed E-state index contributed by atoms with van der Waals surface area (Å²) < 4.78 is 5.24. The number of carbonyl (C=O) groups is 1. The van der Waals surface area contributed by atoms with Crippen LogP contribution in [0.15, 0.2) is 23.2 Å². The summed E-state index contributed by atoms with van der Waals surface area (Å²) in [5.74, 6) is 1.28. The summed E-state index contributed by atoms with van der Waals surface area (Å²) in [6.07, 6.45) is 0. The molecular weight excluding hydrogens is 280 g/mol. The van der Waals surface area contributed by atoms with E-state index in [0.717, 1.165) is 18.1 Å². The van der Waals surface area contributed by atoms with Gasteiger partial charge in [0.25, 0.3) is 0 Å². The molecule has 1 aromatic rings. The second kappa shape index (κ2) is 8.92. The monoisotopic (exact) mass is 306 g/mol. The Morgan fingerprint density at radius 3 is 2.64 bits per heavy atom. The van der Waals surface area contributed by atoms with Crippen LogP contribution in [0.4, 0.5) is 5.69 Å². The van der Waals surface area contributed by atoms with Gasteiger partial charge in [-0.05, 0) is 38.5 Å². The molecule has 0 aliphatic carbocycles. The number of aliphatic imine (C=N–C) groups is 1. The molecule has 0 saturated carbocycles. The molecule has 0 aromatic heterocycles. The first-order valence-electron chi connectivity index (χ1n) is 7.45. The molecule has 122 valence electrons. The lowest BCUT2D eigenvalue weighted by molar-refractivity contribution is -0.114. The number of nitrogens with zero attached hydrogens (tertiary/aromatic N) is 1. The van der Waals surface area contributed by atoms with E-state index < -0.39 is 0 Å². The number of nitrogens with one attached hydrogen (secondary N) is 3. The predicted molar refractivity (Wildman–Crippen MR) is 90.4 cm³/mol. The third-order valence-electron chi connectivity index (χ3n) is 2.76. The van der Waals surface area contributed by atoms with Gasteiger partial charge in [0.15, 0.2) is 5.96 Å². The van der Waals surface area contributed by atoms with Crippen molar-refractivity contribution in [2.45, 2.75) is 40.3 Å². The van der Waals surface area contributed by atoms with Gasteiger partial charge in [0.1, 0.15) is 5.75 Å². The molecule has 0 unspecified atom stereocenters. The number of ether oxygens (including phenoxy) is 1. The highest BCUT2D eigenvalue weighted by atomic mass is 16.5. The topological polar surface area (TPSA) is 74.8 Å². The van der Waals surface area contributed by atoms with Crippen LogP contribution in [0.5, 0.6) is 5.75 Å². The van der Waals surface area contributed by atoms with Crippen molar-refractivity contribution >= 4 is 17.6 Å². The first kappa shape index (κ1) is 17.8. The number of rotatable bonds is 6. The molecule has 0 fully saturated rings. The van der Waals surface area contributed by atoms with E-state index in [1.54, 1.807) is 7.11 Å². The molecule has 1 amide bonds. The average Bonchev–Trinajstić information content (AvgIpc) is 2.44. The van der Waals surface area contributed by atoms with E-state index in [1.807, 2.05) is 25.1 Å². The normalized spacial score (nSPS) is 11.3. The van der Waals surface area contributed by atoms with Crippen LogP contribution in [0.1, 0.15) is 33.3 Å². The quantitative estimate of drug-likeness (QED) is 0.556. The number of anilines is 1. The molecule has 3 N–H and O–H groups in total. The van der Waals surface area contributed by atoms with Gasteiger partial charge >= 0.3 is 0 Å². The smallest absolute Gasteiger partial charge is 0.221 e. The van der Waals surface area contributed by atoms with E-state index in [1.165, 1.54) is 6.92 Å². The van der Waals surface area contributed by atoms with Crippen LogP contribution >= 0.6 is 0 Å². The zero-order chi connectivity index (χ0) is 16.5. The van der Waals surface area contributed by atoms with Gasteiger partial charge in [-0.1, -0.05) is 6.07 Å². The van der Waals surface area contributed by atoms with Gasteiger partial charge in [0.2, 0.25) is 5.91 Å². The first-order valence-corrected chi connectivity index (χ1v) is 7.45. The Labute approximate surface area is 132 Å². The fourth-order valence-corrected chi connectivity index (χ4v) is 1.90.